The molecule has 2 nitrogen and oxygen atoms in total. The molecule has 0 spiro atoms. The van der Waals surface area contributed by atoms with Gasteiger partial charge in [0.25, 0.3) is 0 Å². The van der Waals surface area contributed by atoms with Crippen molar-refractivity contribution >= 4 is 75.1 Å². The molecule has 0 fully saturated rings. The predicted molar refractivity (Wildman–Crippen MR) is 173 cm³/mol. The van der Waals surface area contributed by atoms with E-state index in [1.165, 1.54) is 80.7 Å². The quantitative estimate of drug-likeness (QED) is 0.211. The summed E-state index contributed by atoms with van der Waals surface area (Å²) in [7, 11) is 0. The summed E-state index contributed by atoms with van der Waals surface area (Å²) in [5.74, 6) is 0. The van der Waals surface area contributed by atoms with E-state index in [-0.39, 0.29) is 0 Å². The zero-order valence-corrected chi connectivity index (χ0v) is 22.7. The second-order valence-electron chi connectivity index (χ2n) is 10.7. The van der Waals surface area contributed by atoms with Gasteiger partial charge in [0.15, 0.2) is 0 Å². The Hall–Kier alpha value is -4.86. The fourth-order valence-electron chi connectivity index (χ4n) is 6.69. The number of aryl methyl sites for hydroxylation is 1. The van der Waals surface area contributed by atoms with Crippen molar-refractivity contribution in [1.82, 2.24) is 9.13 Å². The zero-order chi connectivity index (χ0) is 26.4. The summed E-state index contributed by atoms with van der Waals surface area (Å²) in [6, 6.07) is 46.8. The first kappa shape index (κ1) is 22.0. The van der Waals surface area contributed by atoms with Gasteiger partial charge in [0.2, 0.25) is 0 Å². The SMILES string of the molecule is Cc1cccc2c3ccccc3n(-c3ccc4sc5ccc(-n6c7ccccc7c7ccccc76)cc5c4c3)c12. The van der Waals surface area contributed by atoms with Gasteiger partial charge in [-0.15, -0.1) is 11.3 Å². The number of benzene rings is 6. The molecule has 0 saturated heterocycles. The van der Waals surface area contributed by atoms with Crippen LogP contribution in [0, 0.1) is 6.92 Å². The second-order valence-corrected chi connectivity index (χ2v) is 11.7. The Balaban J connectivity index is 1.33. The maximum absolute atomic E-state index is 2.44. The predicted octanol–water partition coefficient (Wildman–Crippen LogP) is 10.6. The number of para-hydroxylation sites is 4. The molecule has 3 heteroatoms. The highest BCUT2D eigenvalue weighted by atomic mass is 32.1. The van der Waals surface area contributed by atoms with Crippen LogP contribution in [-0.4, -0.2) is 9.13 Å². The molecule has 0 radical (unpaired) electrons. The smallest absolute Gasteiger partial charge is 0.0570 e. The molecule has 9 aromatic rings. The summed E-state index contributed by atoms with van der Waals surface area (Å²) in [6.07, 6.45) is 0. The molecular formula is C37H24N2S. The summed E-state index contributed by atoms with van der Waals surface area (Å²) >= 11 is 1.87. The lowest BCUT2D eigenvalue weighted by molar-refractivity contribution is 1.17. The monoisotopic (exact) mass is 528 g/mol. The van der Waals surface area contributed by atoms with E-state index in [0.717, 1.165) is 0 Å². The zero-order valence-electron chi connectivity index (χ0n) is 21.9. The maximum atomic E-state index is 2.44. The van der Waals surface area contributed by atoms with Gasteiger partial charge in [-0.05, 0) is 67.1 Å². The van der Waals surface area contributed by atoms with Crippen molar-refractivity contribution in [2.75, 3.05) is 0 Å². The van der Waals surface area contributed by atoms with E-state index in [1.807, 2.05) is 11.3 Å². The number of hydrogen-bond acceptors (Lipinski definition) is 1. The first-order valence-corrected chi connectivity index (χ1v) is 14.5. The van der Waals surface area contributed by atoms with Crippen LogP contribution in [0.25, 0.3) is 75.2 Å². The average molecular weight is 529 g/mol. The first-order chi connectivity index (χ1) is 19.8. The van der Waals surface area contributed by atoms with Crippen LogP contribution in [0.1, 0.15) is 5.56 Å². The molecule has 188 valence electrons. The molecule has 9 rings (SSSR count). The number of aromatic nitrogens is 2. The van der Waals surface area contributed by atoms with Crippen LogP contribution in [0.5, 0.6) is 0 Å². The summed E-state index contributed by atoms with van der Waals surface area (Å²) in [4.78, 5) is 0. The van der Waals surface area contributed by atoms with Crippen LogP contribution < -0.4 is 0 Å². The average Bonchev–Trinajstić information content (AvgIpc) is 3.65. The van der Waals surface area contributed by atoms with E-state index in [9.17, 15) is 0 Å². The van der Waals surface area contributed by atoms with E-state index in [1.54, 1.807) is 0 Å². The molecule has 0 atom stereocenters. The number of hydrogen-bond donors (Lipinski definition) is 0. The highest BCUT2D eigenvalue weighted by molar-refractivity contribution is 7.25. The van der Waals surface area contributed by atoms with Gasteiger partial charge in [0, 0.05) is 53.1 Å². The normalized spacial score (nSPS) is 12.1. The second kappa shape index (κ2) is 8.08. The number of fused-ring (bicyclic) bond motifs is 9. The van der Waals surface area contributed by atoms with Gasteiger partial charge in [-0.25, -0.2) is 0 Å². The molecule has 0 aliphatic carbocycles. The molecule has 6 aromatic carbocycles. The number of nitrogens with zero attached hydrogens (tertiary/aromatic N) is 2. The van der Waals surface area contributed by atoms with Crippen molar-refractivity contribution in [2.24, 2.45) is 0 Å². The Labute approximate surface area is 234 Å². The lowest BCUT2D eigenvalue weighted by atomic mass is 10.1. The molecule has 3 heterocycles. The molecule has 0 aliphatic rings. The molecule has 0 bridgehead atoms. The molecule has 40 heavy (non-hydrogen) atoms. The van der Waals surface area contributed by atoms with Gasteiger partial charge < -0.3 is 9.13 Å². The number of thiophene rings is 1. The Bertz CT molecular complexity index is 2400. The van der Waals surface area contributed by atoms with Crippen LogP contribution >= 0.6 is 11.3 Å². The standard InChI is InChI=1S/C37H24N2S/c1-23-9-8-13-29-28-12-4-7-16-34(28)39(37(23)29)25-18-20-36-31(22-25)30-21-24(17-19-35(30)40-36)38-32-14-5-2-10-26(32)27-11-3-6-15-33(27)38/h2-22H,1H3. The lowest BCUT2D eigenvalue weighted by Crippen LogP contribution is -1.95. The summed E-state index contributed by atoms with van der Waals surface area (Å²) < 4.78 is 7.48. The van der Waals surface area contributed by atoms with Gasteiger partial charge in [-0.1, -0.05) is 72.8 Å². The van der Waals surface area contributed by atoms with Crippen LogP contribution in [-0.2, 0) is 0 Å². The van der Waals surface area contributed by atoms with E-state index in [0.29, 0.717) is 0 Å². The molecule has 0 saturated carbocycles. The van der Waals surface area contributed by atoms with Gasteiger partial charge in [0.05, 0.1) is 22.1 Å². The van der Waals surface area contributed by atoms with E-state index < -0.39 is 0 Å². The Morgan fingerprint density at radius 1 is 0.425 bits per heavy atom. The molecule has 0 unspecified atom stereocenters. The van der Waals surface area contributed by atoms with Crippen molar-refractivity contribution < 1.29 is 0 Å². The fourth-order valence-corrected chi connectivity index (χ4v) is 7.76. The number of rotatable bonds is 2. The molecule has 0 aliphatic heterocycles. The van der Waals surface area contributed by atoms with Crippen molar-refractivity contribution in [2.45, 2.75) is 6.92 Å². The highest BCUT2D eigenvalue weighted by Gasteiger charge is 2.16. The molecule has 0 N–H and O–H groups in total. The third-order valence-corrected chi connectivity index (χ3v) is 9.58. The fraction of sp³-hybridized carbons (Fsp3) is 0.0270. The van der Waals surface area contributed by atoms with E-state index in [2.05, 4.69) is 143 Å². The summed E-state index contributed by atoms with van der Waals surface area (Å²) in [6.45, 7) is 2.22. The van der Waals surface area contributed by atoms with Crippen molar-refractivity contribution in [3.05, 3.63) is 133 Å². The van der Waals surface area contributed by atoms with E-state index >= 15 is 0 Å². The molecule has 0 amide bonds. The molecular weight excluding hydrogens is 504 g/mol. The van der Waals surface area contributed by atoms with Crippen LogP contribution in [0.3, 0.4) is 0 Å². The topological polar surface area (TPSA) is 9.86 Å². The minimum atomic E-state index is 1.20. The van der Waals surface area contributed by atoms with Gasteiger partial charge in [-0.2, -0.15) is 0 Å². The summed E-state index contributed by atoms with van der Waals surface area (Å²) in [5.41, 5.74) is 8.70. The van der Waals surface area contributed by atoms with Gasteiger partial charge in [0.1, 0.15) is 0 Å². The van der Waals surface area contributed by atoms with Crippen molar-refractivity contribution in [3.63, 3.8) is 0 Å². The minimum Gasteiger partial charge on any atom is -0.309 e. The largest absolute Gasteiger partial charge is 0.309 e. The van der Waals surface area contributed by atoms with Crippen LogP contribution in [0.2, 0.25) is 0 Å². The van der Waals surface area contributed by atoms with Gasteiger partial charge >= 0.3 is 0 Å². The van der Waals surface area contributed by atoms with Gasteiger partial charge in [-0.3, -0.25) is 0 Å². The maximum Gasteiger partial charge on any atom is 0.0570 e. The van der Waals surface area contributed by atoms with Crippen LogP contribution in [0.4, 0.5) is 0 Å². The third kappa shape index (κ3) is 2.93. The Kier molecular flexibility index (Phi) is 4.44. The minimum absolute atomic E-state index is 1.20. The van der Waals surface area contributed by atoms with Crippen molar-refractivity contribution in [3.8, 4) is 11.4 Å². The van der Waals surface area contributed by atoms with E-state index in [4.69, 9.17) is 0 Å². The Morgan fingerprint density at radius 2 is 0.900 bits per heavy atom. The first-order valence-electron chi connectivity index (χ1n) is 13.7. The summed E-state index contributed by atoms with van der Waals surface area (Å²) in [5, 5.41) is 7.79. The lowest BCUT2D eigenvalue weighted by Gasteiger charge is -2.10. The Morgan fingerprint density at radius 3 is 1.50 bits per heavy atom. The molecule has 3 aromatic heterocycles. The van der Waals surface area contributed by atoms with Crippen molar-refractivity contribution in [1.29, 1.82) is 0 Å². The highest BCUT2D eigenvalue weighted by Crippen LogP contribution is 2.40. The van der Waals surface area contributed by atoms with Crippen LogP contribution in [0.15, 0.2) is 127 Å². The third-order valence-electron chi connectivity index (χ3n) is 8.43.